The molecule has 1 N–H and O–H groups in total. The highest BCUT2D eigenvalue weighted by molar-refractivity contribution is 7.59. The second-order valence-corrected chi connectivity index (χ2v) is 6.47. The van der Waals surface area contributed by atoms with Crippen LogP contribution in [0.4, 0.5) is 5.69 Å². The van der Waals surface area contributed by atoms with Crippen molar-refractivity contribution < 1.29 is 13.7 Å². The molecule has 0 spiro atoms. The van der Waals surface area contributed by atoms with E-state index in [-0.39, 0.29) is 31.1 Å². The average molecular weight is 394 g/mol. The largest absolute Gasteiger partial charge is 0.461 e. The third kappa shape index (κ3) is 3.22. The maximum Gasteiger partial charge on any atom is 0.277 e. The van der Waals surface area contributed by atoms with Crippen LogP contribution >= 0.6 is 13.5 Å². The van der Waals surface area contributed by atoms with Gasteiger partial charge in [0.15, 0.2) is 11.5 Å². The lowest BCUT2D eigenvalue weighted by Crippen LogP contribution is -2.12. The van der Waals surface area contributed by atoms with Gasteiger partial charge in [-0.1, -0.05) is 29.4 Å². The smallest absolute Gasteiger partial charge is 0.277 e. The molecule has 1 aliphatic carbocycles. The first-order valence-corrected chi connectivity index (χ1v) is 8.72. The van der Waals surface area contributed by atoms with Crippen LogP contribution in [0.5, 0.6) is 0 Å². The Morgan fingerprint density at radius 2 is 2.07 bits per heavy atom. The fourth-order valence-corrected chi connectivity index (χ4v) is 3.49. The number of carbonyl (C=O) groups excluding carboxylic acids is 1. The van der Waals surface area contributed by atoms with Crippen molar-refractivity contribution in [2.45, 2.75) is 18.9 Å². The number of rotatable bonds is 4. The molecular formula is C20H18N4O3S. The summed E-state index contributed by atoms with van der Waals surface area (Å²) in [4.78, 5) is 12.4. The lowest BCUT2D eigenvalue weighted by Gasteiger charge is -2.11. The Morgan fingerprint density at radius 1 is 1.18 bits per heavy atom. The molecule has 1 aromatic carbocycles. The van der Waals surface area contributed by atoms with Crippen molar-refractivity contribution in [1.82, 2.24) is 14.9 Å². The average Bonchev–Trinajstić information content (AvgIpc) is 3.46. The van der Waals surface area contributed by atoms with Gasteiger partial charge in [0.1, 0.15) is 0 Å². The van der Waals surface area contributed by atoms with Crippen LogP contribution in [-0.4, -0.2) is 20.8 Å². The first kappa shape index (κ1) is 18.1. The summed E-state index contributed by atoms with van der Waals surface area (Å²) in [7, 11) is 0. The van der Waals surface area contributed by atoms with Gasteiger partial charge in [-0.15, -0.1) is 0 Å². The third-order valence-electron chi connectivity index (χ3n) is 4.79. The minimum absolute atomic E-state index is 0. The Hall–Kier alpha value is -3.26. The summed E-state index contributed by atoms with van der Waals surface area (Å²) >= 11 is 0. The highest BCUT2D eigenvalue weighted by atomic mass is 32.1. The Balaban J connectivity index is 0.00000192. The number of hydrogen-bond acceptors (Lipinski definition) is 5. The molecule has 28 heavy (non-hydrogen) atoms. The van der Waals surface area contributed by atoms with Crippen LogP contribution < -0.4 is 5.32 Å². The minimum atomic E-state index is -0.358. The van der Waals surface area contributed by atoms with Gasteiger partial charge in [0.25, 0.3) is 5.91 Å². The number of aryl methyl sites for hydroxylation is 1. The number of nitrogens with one attached hydrogen (secondary N) is 1. The van der Waals surface area contributed by atoms with Gasteiger partial charge in [-0.3, -0.25) is 9.48 Å². The van der Waals surface area contributed by atoms with Crippen molar-refractivity contribution >= 4 is 25.1 Å². The Morgan fingerprint density at radius 3 is 2.93 bits per heavy atom. The molecule has 0 unspecified atom stereocenters. The van der Waals surface area contributed by atoms with E-state index < -0.39 is 0 Å². The molecule has 0 saturated carbocycles. The van der Waals surface area contributed by atoms with Crippen molar-refractivity contribution in [3.63, 3.8) is 0 Å². The molecular weight excluding hydrogens is 376 g/mol. The van der Waals surface area contributed by atoms with Gasteiger partial charge in [0, 0.05) is 12.3 Å². The maximum atomic E-state index is 12.4. The number of nitrogens with zero attached hydrogens (tertiary/aromatic N) is 3. The number of fused-ring (bicyclic) bond motifs is 1. The number of hydrogen-bond donors (Lipinski definition) is 1. The lowest BCUT2D eigenvalue weighted by atomic mass is 10.1. The Kier molecular flexibility index (Phi) is 4.79. The van der Waals surface area contributed by atoms with Crippen LogP contribution in [0.2, 0.25) is 0 Å². The zero-order valence-corrected chi connectivity index (χ0v) is 15.8. The molecule has 142 valence electrons. The van der Waals surface area contributed by atoms with E-state index in [2.05, 4.69) is 33.8 Å². The molecule has 7 nitrogen and oxygen atoms in total. The van der Waals surface area contributed by atoms with Crippen molar-refractivity contribution in [2.75, 3.05) is 5.32 Å². The van der Waals surface area contributed by atoms with Crippen molar-refractivity contribution in [2.24, 2.45) is 0 Å². The van der Waals surface area contributed by atoms with Gasteiger partial charge in [0.2, 0.25) is 5.76 Å². The number of anilines is 1. The first-order valence-electron chi connectivity index (χ1n) is 8.72. The van der Waals surface area contributed by atoms with Crippen molar-refractivity contribution in [3.05, 3.63) is 77.9 Å². The van der Waals surface area contributed by atoms with E-state index in [4.69, 9.17) is 8.94 Å². The zero-order chi connectivity index (χ0) is 18.2. The highest BCUT2D eigenvalue weighted by Crippen LogP contribution is 2.34. The standard InChI is InChI=1S/C20H16N4O3.H2S/c25-20(16-10-19(27-23-16)18-6-3-9-26-18)22-14-11-21-24(12-14)17-8-7-13-4-1-2-5-15(13)17;/h1-6,9-12,17H,7-8H2,(H,22,25);1H2/t17-;/m0./s1. The van der Waals surface area contributed by atoms with E-state index in [1.165, 1.54) is 17.4 Å². The number of aromatic nitrogens is 3. The molecule has 0 fully saturated rings. The molecule has 0 bridgehead atoms. The van der Waals surface area contributed by atoms with Crippen LogP contribution in [0.15, 0.2) is 70.1 Å². The predicted octanol–water partition coefficient (Wildman–Crippen LogP) is 4.03. The third-order valence-corrected chi connectivity index (χ3v) is 4.79. The van der Waals surface area contributed by atoms with E-state index in [1.54, 1.807) is 24.4 Å². The quantitative estimate of drug-likeness (QED) is 0.565. The monoisotopic (exact) mass is 394 g/mol. The van der Waals surface area contributed by atoms with Crippen LogP contribution in [0.25, 0.3) is 11.5 Å². The summed E-state index contributed by atoms with van der Waals surface area (Å²) in [5.74, 6) is 0.570. The highest BCUT2D eigenvalue weighted by Gasteiger charge is 2.24. The second kappa shape index (κ2) is 7.40. The number of furan rings is 1. The van der Waals surface area contributed by atoms with Gasteiger partial charge in [0.05, 0.1) is 24.2 Å². The van der Waals surface area contributed by atoms with Gasteiger partial charge in [-0.05, 0) is 36.1 Å². The molecule has 0 aliphatic heterocycles. The number of benzene rings is 1. The minimum Gasteiger partial charge on any atom is -0.461 e. The van der Waals surface area contributed by atoms with Gasteiger partial charge >= 0.3 is 0 Å². The Labute approximate surface area is 167 Å². The maximum absolute atomic E-state index is 12.4. The summed E-state index contributed by atoms with van der Waals surface area (Å²) in [6, 6.07) is 13.6. The molecule has 3 heterocycles. The van der Waals surface area contributed by atoms with Gasteiger partial charge in [-0.2, -0.15) is 18.6 Å². The summed E-state index contributed by atoms with van der Waals surface area (Å²) in [5.41, 5.74) is 3.45. The number of carbonyl (C=O) groups is 1. The van der Waals surface area contributed by atoms with Crippen LogP contribution in [0, 0.1) is 0 Å². The van der Waals surface area contributed by atoms with Gasteiger partial charge in [-0.25, -0.2) is 0 Å². The van der Waals surface area contributed by atoms with Crippen molar-refractivity contribution in [3.8, 4) is 11.5 Å². The molecule has 1 amide bonds. The molecule has 0 radical (unpaired) electrons. The van der Waals surface area contributed by atoms with E-state index in [0.29, 0.717) is 17.2 Å². The summed E-state index contributed by atoms with van der Waals surface area (Å²) in [5, 5.41) is 11.1. The van der Waals surface area contributed by atoms with Crippen molar-refractivity contribution in [1.29, 1.82) is 0 Å². The summed E-state index contributed by atoms with van der Waals surface area (Å²) in [6.07, 6.45) is 7.07. The SMILES string of the molecule is O=C(Nc1cnn([C@H]2CCc3ccccc32)c1)c1cc(-c2ccco2)on1.S. The van der Waals surface area contributed by atoms with E-state index in [1.807, 2.05) is 16.9 Å². The second-order valence-electron chi connectivity index (χ2n) is 6.47. The van der Waals surface area contributed by atoms with Gasteiger partial charge < -0.3 is 14.3 Å². The van der Waals surface area contributed by atoms with E-state index >= 15 is 0 Å². The van der Waals surface area contributed by atoms with E-state index in [9.17, 15) is 4.79 Å². The lowest BCUT2D eigenvalue weighted by molar-refractivity contribution is 0.101. The number of amides is 1. The molecule has 0 saturated heterocycles. The summed E-state index contributed by atoms with van der Waals surface area (Å²) in [6.45, 7) is 0. The predicted molar refractivity (Wildman–Crippen MR) is 108 cm³/mol. The fraction of sp³-hybridized carbons (Fsp3) is 0.150. The summed E-state index contributed by atoms with van der Waals surface area (Å²) < 4.78 is 12.3. The topological polar surface area (TPSA) is 86.1 Å². The molecule has 3 aromatic heterocycles. The van der Waals surface area contributed by atoms with Crippen LogP contribution in [-0.2, 0) is 6.42 Å². The van der Waals surface area contributed by atoms with Crippen LogP contribution in [0.1, 0.15) is 34.1 Å². The Bertz CT molecular complexity index is 1100. The molecule has 8 heteroatoms. The molecule has 5 rings (SSSR count). The molecule has 1 aliphatic rings. The first-order chi connectivity index (χ1) is 13.3. The van der Waals surface area contributed by atoms with Crippen LogP contribution in [0.3, 0.4) is 0 Å². The fourth-order valence-electron chi connectivity index (χ4n) is 3.49. The normalized spacial score (nSPS) is 15.1. The van der Waals surface area contributed by atoms with E-state index in [0.717, 1.165) is 12.8 Å². The zero-order valence-electron chi connectivity index (χ0n) is 14.8. The molecule has 4 aromatic rings. The molecule has 1 atom stereocenters.